The highest BCUT2D eigenvalue weighted by molar-refractivity contribution is 8.13. The van der Waals surface area contributed by atoms with E-state index < -0.39 is 6.03 Å². The van der Waals surface area contributed by atoms with Gasteiger partial charge in [0.15, 0.2) is 5.17 Å². The fraction of sp³-hybridized carbons (Fsp3) is 0.500. The van der Waals surface area contributed by atoms with Crippen molar-refractivity contribution in [3.63, 3.8) is 0 Å². The van der Waals surface area contributed by atoms with Gasteiger partial charge in [0.1, 0.15) is 0 Å². The van der Waals surface area contributed by atoms with E-state index in [-0.39, 0.29) is 11.6 Å². The van der Waals surface area contributed by atoms with Crippen molar-refractivity contribution in [1.82, 2.24) is 10.6 Å². The lowest BCUT2D eigenvalue weighted by molar-refractivity contribution is 0.245. The van der Waals surface area contributed by atoms with E-state index in [4.69, 9.17) is 10.7 Å². The maximum atomic E-state index is 10.8. The third-order valence-corrected chi connectivity index (χ3v) is 1.46. The normalized spacial score (nSPS) is 8.33. The monoisotopic (exact) mass is 186 g/mol. The second kappa shape index (κ2) is 6.49. The fourth-order valence-corrected chi connectivity index (χ4v) is 0.625. The van der Waals surface area contributed by atoms with Gasteiger partial charge in [-0.3, -0.25) is 10.7 Å². The van der Waals surface area contributed by atoms with E-state index in [1.54, 1.807) is 6.26 Å². The molecule has 66 valence electrons. The van der Waals surface area contributed by atoms with Gasteiger partial charge in [-0.05, 0) is 6.26 Å². The van der Waals surface area contributed by atoms with Gasteiger partial charge in [-0.25, -0.2) is 4.79 Å². The van der Waals surface area contributed by atoms with Crippen molar-refractivity contribution in [1.29, 1.82) is 10.7 Å². The predicted octanol–water partition coefficient (Wildman–Crippen LogP) is 0.497. The number of hydrogen-bond donors (Lipinski definition) is 3. The van der Waals surface area contributed by atoms with E-state index in [2.05, 4.69) is 10.6 Å². The van der Waals surface area contributed by atoms with Crippen LogP contribution in [-0.4, -0.2) is 24.0 Å². The van der Waals surface area contributed by atoms with Crippen molar-refractivity contribution in [2.45, 2.75) is 6.42 Å². The van der Waals surface area contributed by atoms with Gasteiger partial charge in [0.2, 0.25) is 0 Å². The lowest BCUT2D eigenvalue weighted by atomic mass is 10.5. The van der Waals surface area contributed by atoms with Crippen LogP contribution >= 0.6 is 11.8 Å². The number of nitriles is 1. The van der Waals surface area contributed by atoms with Gasteiger partial charge in [0.25, 0.3) is 0 Å². The predicted molar refractivity (Wildman–Crippen MR) is 48.0 cm³/mol. The minimum Gasteiger partial charge on any atom is -0.337 e. The number of carbonyl (C=O) groups is 1. The third kappa shape index (κ3) is 5.56. The summed E-state index contributed by atoms with van der Waals surface area (Å²) in [6.45, 7) is 0.310. The number of amidine groups is 1. The van der Waals surface area contributed by atoms with Gasteiger partial charge < -0.3 is 5.32 Å². The number of carbonyl (C=O) groups excluding carboxylic acids is 1. The molecule has 0 radical (unpaired) electrons. The zero-order valence-corrected chi connectivity index (χ0v) is 7.49. The molecule has 6 heteroatoms. The van der Waals surface area contributed by atoms with Crippen molar-refractivity contribution >= 4 is 23.0 Å². The molecule has 0 saturated heterocycles. The molecule has 3 N–H and O–H groups in total. The van der Waals surface area contributed by atoms with Gasteiger partial charge in [-0.2, -0.15) is 5.26 Å². The summed E-state index contributed by atoms with van der Waals surface area (Å²) in [4.78, 5) is 10.8. The first-order valence-corrected chi connectivity index (χ1v) is 4.47. The van der Waals surface area contributed by atoms with Gasteiger partial charge in [-0.1, -0.05) is 11.8 Å². The lowest BCUT2D eigenvalue weighted by Crippen LogP contribution is -2.38. The molecule has 0 unspecified atom stereocenters. The Labute approximate surface area is 75.0 Å². The molecular weight excluding hydrogens is 176 g/mol. The van der Waals surface area contributed by atoms with Crippen LogP contribution in [0.3, 0.4) is 0 Å². The molecule has 0 aliphatic heterocycles. The average molecular weight is 186 g/mol. The first kappa shape index (κ1) is 10.8. The molecule has 0 saturated carbocycles. The van der Waals surface area contributed by atoms with Crippen molar-refractivity contribution < 1.29 is 4.79 Å². The zero-order chi connectivity index (χ0) is 9.40. The van der Waals surface area contributed by atoms with Crippen LogP contribution in [0, 0.1) is 16.7 Å². The minimum atomic E-state index is -0.440. The summed E-state index contributed by atoms with van der Waals surface area (Å²) in [6, 6.07) is 1.45. The fourth-order valence-electron chi connectivity index (χ4n) is 0.430. The van der Waals surface area contributed by atoms with E-state index in [1.807, 2.05) is 6.07 Å². The van der Waals surface area contributed by atoms with E-state index >= 15 is 0 Å². The van der Waals surface area contributed by atoms with Crippen LogP contribution in [0.1, 0.15) is 6.42 Å². The van der Waals surface area contributed by atoms with Crippen molar-refractivity contribution in [3.8, 4) is 6.07 Å². The van der Waals surface area contributed by atoms with Crippen molar-refractivity contribution in [2.75, 3.05) is 12.8 Å². The molecule has 2 amide bonds. The molecule has 5 nitrogen and oxygen atoms in total. The number of amides is 2. The molecule has 0 atom stereocenters. The van der Waals surface area contributed by atoms with E-state index in [1.165, 1.54) is 0 Å². The topological polar surface area (TPSA) is 88.8 Å². The van der Waals surface area contributed by atoms with E-state index in [9.17, 15) is 4.79 Å². The number of urea groups is 1. The van der Waals surface area contributed by atoms with Crippen LogP contribution < -0.4 is 10.6 Å². The largest absolute Gasteiger partial charge is 0.337 e. The highest BCUT2D eigenvalue weighted by Gasteiger charge is 2.00. The Morgan fingerprint density at radius 2 is 2.42 bits per heavy atom. The quantitative estimate of drug-likeness (QED) is 0.333. The molecule has 0 bridgehead atoms. The lowest BCUT2D eigenvalue weighted by Gasteiger charge is -2.03. The smallest absolute Gasteiger partial charge is 0.320 e. The molecule has 0 heterocycles. The highest BCUT2D eigenvalue weighted by Crippen LogP contribution is 1.89. The number of nitrogens with one attached hydrogen (secondary N) is 3. The maximum Gasteiger partial charge on any atom is 0.320 e. The van der Waals surface area contributed by atoms with Gasteiger partial charge in [-0.15, -0.1) is 0 Å². The van der Waals surface area contributed by atoms with Crippen LogP contribution in [0.15, 0.2) is 0 Å². The Hall–Kier alpha value is -1.22. The summed E-state index contributed by atoms with van der Waals surface area (Å²) < 4.78 is 0. The number of thioether (sulfide) groups is 1. The van der Waals surface area contributed by atoms with E-state index in [0.29, 0.717) is 6.54 Å². The second-order valence-corrected chi connectivity index (χ2v) is 2.64. The summed E-state index contributed by atoms with van der Waals surface area (Å²) in [7, 11) is 0. The number of rotatable bonds is 2. The molecule has 12 heavy (non-hydrogen) atoms. The molecule has 0 aromatic rings. The van der Waals surface area contributed by atoms with Crippen molar-refractivity contribution in [2.24, 2.45) is 0 Å². The molecule has 0 aromatic carbocycles. The summed E-state index contributed by atoms with van der Waals surface area (Å²) in [5.41, 5.74) is 0. The summed E-state index contributed by atoms with van der Waals surface area (Å²) in [5, 5.41) is 20.0. The maximum absolute atomic E-state index is 10.8. The summed E-state index contributed by atoms with van der Waals surface area (Å²) >= 11 is 1.14. The first-order valence-electron chi connectivity index (χ1n) is 3.25. The Bertz CT molecular complexity index is 210. The Morgan fingerprint density at radius 1 is 1.75 bits per heavy atom. The molecule has 0 aliphatic rings. The Kier molecular flexibility index (Phi) is 5.83. The molecular formula is C6H10N4OS. The van der Waals surface area contributed by atoms with Crippen LogP contribution in [0.25, 0.3) is 0 Å². The molecule has 0 fully saturated rings. The zero-order valence-electron chi connectivity index (χ0n) is 6.68. The van der Waals surface area contributed by atoms with Gasteiger partial charge in [0.05, 0.1) is 12.5 Å². The van der Waals surface area contributed by atoms with Crippen LogP contribution in [-0.2, 0) is 0 Å². The highest BCUT2D eigenvalue weighted by atomic mass is 32.2. The number of hydrogen-bond acceptors (Lipinski definition) is 4. The molecule has 0 aromatic heterocycles. The first-order chi connectivity index (χ1) is 5.70. The van der Waals surface area contributed by atoms with Gasteiger partial charge in [0, 0.05) is 6.54 Å². The molecule has 0 rings (SSSR count). The third-order valence-electron chi connectivity index (χ3n) is 0.954. The summed E-state index contributed by atoms with van der Waals surface area (Å²) in [6.07, 6.45) is 1.97. The van der Waals surface area contributed by atoms with E-state index in [0.717, 1.165) is 11.8 Å². The Morgan fingerprint density at radius 3 is 2.92 bits per heavy atom. The molecule has 0 spiro atoms. The summed E-state index contributed by atoms with van der Waals surface area (Å²) in [5.74, 6) is 0. The number of nitrogens with zero attached hydrogens (tertiary/aromatic N) is 1. The Balaban J connectivity index is 3.48. The van der Waals surface area contributed by atoms with Crippen LogP contribution in [0.4, 0.5) is 4.79 Å². The van der Waals surface area contributed by atoms with Gasteiger partial charge >= 0.3 is 6.03 Å². The van der Waals surface area contributed by atoms with Crippen LogP contribution in [0.2, 0.25) is 0 Å². The SMILES string of the molecule is CSC(=N)NC(=O)NCCC#N. The minimum absolute atomic E-state index is 0.0875. The average Bonchev–Trinajstić information content (AvgIpc) is 2.05. The van der Waals surface area contributed by atoms with Crippen LogP contribution in [0.5, 0.6) is 0 Å². The second-order valence-electron chi connectivity index (χ2n) is 1.82. The van der Waals surface area contributed by atoms with Crippen molar-refractivity contribution in [3.05, 3.63) is 0 Å². The standard InChI is InChI=1S/C6H10N4OS/c1-12-5(8)10-6(11)9-4-2-3-7/h2,4H2,1H3,(H3,8,9,10,11). The molecule has 0 aliphatic carbocycles.